The second kappa shape index (κ2) is 6.45. The molecular weight excluding hydrogens is 343 g/mol. The van der Waals surface area contributed by atoms with Gasteiger partial charge in [-0.05, 0) is 37.5 Å². The van der Waals surface area contributed by atoms with Crippen molar-refractivity contribution >= 4 is 5.82 Å². The number of pyridine rings is 2. The van der Waals surface area contributed by atoms with E-state index in [-0.39, 0.29) is 18.2 Å². The van der Waals surface area contributed by atoms with Crippen LogP contribution in [0.2, 0.25) is 0 Å². The highest BCUT2D eigenvalue weighted by molar-refractivity contribution is 5.45. The second-order valence-electron chi connectivity index (χ2n) is 7.08. The standard InChI is InChI=1S/C19H20F3N3O/c1-12-2-7-18(24-10-12)26-16-8-14-4-5-15(9-16)25(14)17-6-3-13(11-23-17)19(20,21)22/h2-3,6-7,10-11,14-16H,4-5,8-9H2,1H3/t14-,15+,16?. The third kappa shape index (κ3) is 3.34. The number of aromatic nitrogens is 2. The zero-order valence-corrected chi connectivity index (χ0v) is 14.4. The van der Waals surface area contributed by atoms with E-state index in [0.29, 0.717) is 11.7 Å². The van der Waals surface area contributed by atoms with E-state index in [1.807, 2.05) is 19.1 Å². The van der Waals surface area contributed by atoms with Gasteiger partial charge in [0.15, 0.2) is 0 Å². The number of piperidine rings is 1. The summed E-state index contributed by atoms with van der Waals surface area (Å²) >= 11 is 0. The van der Waals surface area contributed by atoms with Gasteiger partial charge >= 0.3 is 6.18 Å². The lowest BCUT2D eigenvalue weighted by Gasteiger charge is -2.39. The van der Waals surface area contributed by atoms with Crippen molar-refractivity contribution in [1.82, 2.24) is 9.97 Å². The fourth-order valence-electron chi connectivity index (χ4n) is 4.00. The molecule has 4 nitrogen and oxygen atoms in total. The number of alkyl halides is 3. The van der Waals surface area contributed by atoms with E-state index in [0.717, 1.165) is 43.5 Å². The smallest absolute Gasteiger partial charge is 0.417 e. The van der Waals surface area contributed by atoms with Crippen LogP contribution in [-0.4, -0.2) is 28.2 Å². The van der Waals surface area contributed by atoms with E-state index in [2.05, 4.69) is 14.9 Å². The quantitative estimate of drug-likeness (QED) is 0.811. The van der Waals surface area contributed by atoms with Crippen LogP contribution in [0.25, 0.3) is 0 Å². The minimum Gasteiger partial charge on any atom is -0.474 e. The lowest BCUT2D eigenvalue weighted by molar-refractivity contribution is -0.137. The highest BCUT2D eigenvalue weighted by Crippen LogP contribution is 2.40. The average Bonchev–Trinajstić information content (AvgIpc) is 2.87. The number of anilines is 1. The van der Waals surface area contributed by atoms with Gasteiger partial charge in [0.05, 0.1) is 5.56 Å². The third-order valence-electron chi connectivity index (χ3n) is 5.20. The van der Waals surface area contributed by atoms with Crippen molar-refractivity contribution in [1.29, 1.82) is 0 Å². The first-order valence-corrected chi connectivity index (χ1v) is 8.81. The largest absolute Gasteiger partial charge is 0.474 e. The van der Waals surface area contributed by atoms with Gasteiger partial charge in [-0.2, -0.15) is 13.2 Å². The van der Waals surface area contributed by atoms with Crippen molar-refractivity contribution in [2.75, 3.05) is 4.90 Å². The van der Waals surface area contributed by atoms with Crippen molar-refractivity contribution in [3.05, 3.63) is 47.8 Å². The van der Waals surface area contributed by atoms with E-state index in [1.165, 1.54) is 6.07 Å². The summed E-state index contributed by atoms with van der Waals surface area (Å²) in [5, 5.41) is 0. The molecule has 2 bridgehead atoms. The first-order chi connectivity index (χ1) is 12.4. The zero-order chi connectivity index (χ0) is 18.3. The Balaban J connectivity index is 1.46. The molecule has 26 heavy (non-hydrogen) atoms. The fourth-order valence-corrected chi connectivity index (χ4v) is 4.00. The molecule has 2 aromatic rings. The van der Waals surface area contributed by atoms with Gasteiger partial charge in [0, 0.05) is 43.4 Å². The number of rotatable bonds is 3. The summed E-state index contributed by atoms with van der Waals surface area (Å²) in [6.45, 7) is 1.98. The molecule has 4 heterocycles. The maximum Gasteiger partial charge on any atom is 0.417 e. The number of aryl methyl sites for hydroxylation is 1. The first-order valence-electron chi connectivity index (χ1n) is 8.81. The van der Waals surface area contributed by atoms with E-state index in [4.69, 9.17) is 4.74 Å². The third-order valence-corrected chi connectivity index (χ3v) is 5.20. The second-order valence-corrected chi connectivity index (χ2v) is 7.08. The van der Waals surface area contributed by atoms with E-state index < -0.39 is 11.7 Å². The summed E-state index contributed by atoms with van der Waals surface area (Å²) < 4.78 is 44.2. The minimum atomic E-state index is -4.35. The number of hydrogen-bond donors (Lipinski definition) is 0. The van der Waals surface area contributed by atoms with Gasteiger partial charge in [-0.3, -0.25) is 0 Å². The van der Waals surface area contributed by atoms with Gasteiger partial charge in [0.2, 0.25) is 5.88 Å². The Kier molecular flexibility index (Phi) is 4.25. The maximum absolute atomic E-state index is 12.7. The monoisotopic (exact) mass is 363 g/mol. The Labute approximate surface area is 150 Å². The molecule has 2 fully saturated rings. The topological polar surface area (TPSA) is 38.2 Å². The lowest BCUT2D eigenvalue weighted by atomic mass is 9.99. The molecule has 2 aliphatic rings. The molecule has 138 valence electrons. The Morgan fingerprint density at radius 3 is 2.27 bits per heavy atom. The van der Waals surface area contributed by atoms with Crippen LogP contribution in [0.3, 0.4) is 0 Å². The van der Waals surface area contributed by atoms with Crippen molar-refractivity contribution in [3.63, 3.8) is 0 Å². The van der Waals surface area contributed by atoms with Gasteiger partial charge in [-0.1, -0.05) is 6.07 Å². The number of ether oxygens (including phenoxy) is 1. The van der Waals surface area contributed by atoms with E-state index in [1.54, 1.807) is 6.20 Å². The summed E-state index contributed by atoms with van der Waals surface area (Å²) in [6.07, 6.45) is 2.10. The molecule has 0 N–H and O–H groups in total. The molecular formula is C19H20F3N3O. The van der Waals surface area contributed by atoms with Crippen LogP contribution in [0.15, 0.2) is 36.7 Å². The summed E-state index contributed by atoms with van der Waals surface area (Å²) in [6, 6.07) is 6.93. The Bertz CT molecular complexity index is 747. The summed E-state index contributed by atoms with van der Waals surface area (Å²) in [5.41, 5.74) is 0.373. The molecule has 0 saturated carbocycles. The van der Waals surface area contributed by atoms with Crippen LogP contribution in [0.1, 0.15) is 36.8 Å². The molecule has 7 heteroatoms. The highest BCUT2D eigenvalue weighted by atomic mass is 19.4. The molecule has 3 atom stereocenters. The number of fused-ring (bicyclic) bond motifs is 2. The van der Waals surface area contributed by atoms with Crippen molar-refractivity contribution in [2.45, 2.75) is 57.0 Å². The summed E-state index contributed by atoms with van der Waals surface area (Å²) in [4.78, 5) is 10.5. The number of halogens is 3. The molecule has 0 aromatic carbocycles. The van der Waals surface area contributed by atoms with Gasteiger partial charge in [-0.15, -0.1) is 0 Å². The molecule has 0 radical (unpaired) electrons. The van der Waals surface area contributed by atoms with Gasteiger partial charge in [0.1, 0.15) is 11.9 Å². The van der Waals surface area contributed by atoms with Crippen LogP contribution in [0, 0.1) is 6.92 Å². The molecule has 2 aliphatic heterocycles. The predicted molar refractivity (Wildman–Crippen MR) is 91.2 cm³/mol. The molecule has 0 spiro atoms. The van der Waals surface area contributed by atoms with Crippen LogP contribution >= 0.6 is 0 Å². The predicted octanol–water partition coefficient (Wildman–Crippen LogP) is 4.38. The normalized spacial score (nSPS) is 25.4. The van der Waals surface area contributed by atoms with Crippen molar-refractivity contribution in [2.24, 2.45) is 0 Å². The maximum atomic E-state index is 12.7. The summed E-state index contributed by atoms with van der Waals surface area (Å²) in [7, 11) is 0. The Morgan fingerprint density at radius 1 is 1.00 bits per heavy atom. The fraction of sp³-hybridized carbons (Fsp3) is 0.474. The van der Waals surface area contributed by atoms with Gasteiger partial charge in [-0.25, -0.2) is 9.97 Å². The molecule has 4 rings (SSSR count). The first kappa shape index (κ1) is 17.1. The molecule has 2 aromatic heterocycles. The Morgan fingerprint density at radius 2 is 1.73 bits per heavy atom. The molecule has 2 saturated heterocycles. The summed E-state index contributed by atoms with van der Waals surface area (Å²) in [5.74, 6) is 1.25. The van der Waals surface area contributed by atoms with Crippen LogP contribution in [0.5, 0.6) is 5.88 Å². The van der Waals surface area contributed by atoms with Crippen LogP contribution < -0.4 is 9.64 Å². The molecule has 1 unspecified atom stereocenters. The van der Waals surface area contributed by atoms with Gasteiger partial charge < -0.3 is 9.64 Å². The van der Waals surface area contributed by atoms with E-state index in [9.17, 15) is 13.2 Å². The average molecular weight is 363 g/mol. The Hall–Kier alpha value is -2.31. The van der Waals surface area contributed by atoms with Crippen LogP contribution in [-0.2, 0) is 6.18 Å². The van der Waals surface area contributed by atoms with Crippen molar-refractivity contribution in [3.8, 4) is 5.88 Å². The highest BCUT2D eigenvalue weighted by Gasteiger charge is 2.42. The SMILES string of the molecule is Cc1ccc(OC2C[C@H]3CC[C@@H](C2)N3c2ccc(C(F)(F)F)cn2)nc1. The number of nitrogens with zero attached hydrogens (tertiary/aromatic N) is 3. The lowest BCUT2D eigenvalue weighted by Crippen LogP contribution is -2.46. The van der Waals surface area contributed by atoms with Gasteiger partial charge in [0.25, 0.3) is 0 Å². The zero-order valence-electron chi connectivity index (χ0n) is 14.4. The molecule has 0 amide bonds. The molecule has 0 aliphatic carbocycles. The minimum absolute atomic E-state index is 0.0772. The van der Waals surface area contributed by atoms with E-state index >= 15 is 0 Å². The number of hydrogen-bond acceptors (Lipinski definition) is 4. The van der Waals surface area contributed by atoms with Crippen LogP contribution in [0.4, 0.5) is 19.0 Å². The van der Waals surface area contributed by atoms with Crippen molar-refractivity contribution < 1.29 is 17.9 Å².